The first-order valence-corrected chi connectivity index (χ1v) is 12.6. The summed E-state index contributed by atoms with van der Waals surface area (Å²) in [7, 11) is 1.88. The standard InChI is InChI=1S/C32H31N3O6/c1-5-35(4)25(3)20-30(24(2)21-33-40-31(36)26-14-8-6-9-15-26)39-23-38-29-19-13-12-18-28(29)22-34-41-32(37)27-16-10-7-11-17-27/h6-22H,2-3,5,23H2,1,4H3/b30-20+,33-21+,34-22+. The lowest BCUT2D eigenvalue weighted by atomic mass is 10.2. The summed E-state index contributed by atoms with van der Waals surface area (Å²) < 4.78 is 11.7. The molecule has 0 fully saturated rings. The third-order valence-corrected chi connectivity index (χ3v) is 5.62. The third-order valence-electron chi connectivity index (χ3n) is 5.62. The van der Waals surface area contributed by atoms with Crippen LogP contribution in [-0.4, -0.2) is 49.7 Å². The quantitative estimate of drug-likeness (QED) is 0.0605. The Labute approximate surface area is 239 Å². The highest BCUT2D eigenvalue weighted by Gasteiger charge is 2.10. The molecule has 210 valence electrons. The number of benzene rings is 3. The van der Waals surface area contributed by atoms with Crippen molar-refractivity contribution in [2.45, 2.75) is 6.92 Å². The van der Waals surface area contributed by atoms with Gasteiger partial charge in [-0.05, 0) is 43.3 Å². The molecule has 3 rings (SSSR count). The predicted octanol–water partition coefficient (Wildman–Crippen LogP) is 5.98. The van der Waals surface area contributed by atoms with Crippen LogP contribution in [0, 0.1) is 0 Å². The number of hydrogen-bond acceptors (Lipinski definition) is 9. The van der Waals surface area contributed by atoms with Crippen LogP contribution < -0.4 is 4.74 Å². The van der Waals surface area contributed by atoms with Crippen molar-refractivity contribution in [3.05, 3.63) is 138 Å². The maximum Gasteiger partial charge on any atom is 0.365 e. The number of oxime groups is 2. The highest BCUT2D eigenvalue weighted by molar-refractivity contribution is 5.91. The molecule has 0 aliphatic carbocycles. The van der Waals surface area contributed by atoms with E-state index in [0.717, 1.165) is 6.54 Å². The van der Waals surface area contributed by atoms with Gasteiger partial charge in [-0.1, -0.05) is 72.0 Å². The van der Waals surface area contributed by atoms with Crippen molar-refractivity contribution in [3.8, 4) is 5.75 Å². The van der Waals surface area contributed by atoms with Crippen molar-refractivity contribution in [2.75, 3.05) is 20.4 Å². The maximum atomic E-state index is 12.2. The number of nitrogens with zero attached hydrogens (tertiary/aromatic N) is 3. The van der Waals surface area contributed by atoms with Gasteiger partial charge in [0.1, 0.15) is 11.5 Å². The lowest BCUT2D eigenvalue weighted by Gasteiger charge is -2.19. The first-order chi connectivity index (χ1) is 19.9. The first-order valence-electron chi connectivity index (χ1n) is 12.6. The summed E-state index contributed by atoms with van der Waals surface area (Å²) in [6.45, 7) is 10.5. The SMILES string of the molecule is C=C(/C=N/OC(=O)c1ccccc1)/C(=C\C(=C)N(C)CC)OCOc1ccccc1/C=N/OC(=O)c1ccccc1. The molecule has 0 bridgehead atoms. The molecule has 3 aromatic carbocycles. The maximum absolute atomic E-state index is 12.2. The minimum Gasteiger partial charge on any atom is -0.457 e. The van der Waals surface area contributed by atoms with Crippen LogP contribution in [0.1, 0.15) is 33.2 Å². The molecule has 0 aromatic heterocycles. The van der Waals surface area contributed by atoms with Crippen molar-refractivity contribution in [3.63, 3.8) is 0 Å². The molecule has 0 heterocycles. The molecule has 0 radical (unpaired) electrons. The Morgan fingerprint density at radius 2 is 1.39 bits per heavy atom. The van der Waals surface area contributed by atoms with Crippen LogP contribution in [0.25, 0.3) is 0 Å². The Balaban J connectivity index is 1.64. The fourth-order valence-electron chi connectivity index (χ4n) is 3.15. The van der Waals surface area contributed by atoms with E-state index in [9.17, 15) is 9.59 Å². The van der Waals surface area contributed by atoms with E-state index in [4.69, 9.17) is 19.1 Å². The number of likely N-dealkylation sites (N-methyl/N-ethyl adjacent to an activating group) is 1. The van der Waals surface area contributed by atoms with E-state index in [-0.39, 0.29) is 6.79 Å². The van der Waals surface area contributed by atoms with E-state index < -0.39 is 11.9 Å². The van der Waals surface area contributed by atoms with Gasteiger partial charge in [0.25, 0.3) is 0 Å². The zero-order valence-corrected chi connectivity index (χ0v) is 22.9. The zero-order chi connectivity index (χ0) is 29.5. The molecule has 0 amide bonds. The van der Waals surface area contributed by atoms with Crippen molar-refractivity contribution in [2.24, 2.45) is 10.3 Å². The third kappa shape index (κ3) is 9.67. The largest absolute Gasteiger partial charge is 0.457 e. The van der Waals surface area contributed by atoms with Gasteiger partial charge in [-0.2, -0.15) is 0 Å². The molecule has 3 aromatic rings. The smallest absolute Gasteiger partial charge is 0.365 e. The van der Waals surface area contributed by atoms with Crippen LogP contribution in [0.2, 0.25) is 0 Å². The molecule has 0 saturated heterocycles. The van der Waals surface area contributed by atoms with Gasteiger partial charge in [-0.15, -0.1) is 0 Å². The molecule has 9 nitrogen and oxygen atoms in total. The van der Waals surface area contributed by atoms with Gasteiger partial charge in [-0.3, -0.25) is 0 Å². The highest BCUT2D eigenvalue weighted by atomic mass is 16.7. The number of allylic oxidation sites excluding steroid dienone is 2. The van der Waals surface area contributed by atoms with Gasteiger partial charge in [-0.25, -0.2) is 9.59 Å². The molecule has 0 spiro atoms. The topological polar surface area (TPSA) is 99.0 Å². The monoisotopic (exact) mass is 553 g/mol. The summed E-state index contributed by atoms with van der Waals surface area (Å²) >= 11 is 0. The summed E-state index contributed by atoms with van der Waals surface area (Å²) in [6, 6.07) is 24.1. The summed E-state index contributed by atoms with van der Waals surface area (Å²) in [4.78, 5) is 36.1. The number of carbonyl (C=O) groups is 2. The Hall–Kier alpha value is -5.44. The van der Waals surface area contributed by atoms with Crippen molar-refractivity contribution < 1.29 is 28.7 Å². The Morgan fingerprint density at radius 1 is 0.829 bits per heavy atom. The van der Waals surface area contributed by atoms with Crippen LogP contribution >= 0.6 is 0 Å². The molecular formula is C32H31N3O6. The molecular weight excluding hydrogens is 522 g/mol. The molecule has 41 heavy (non-hydrogen) atoms. The van der Waals surface area contributed by atoms with Gasteiger partial charge >= 0.3 is 11.9 Å². The first kappa shape index (κ1) is 30.1. The number of para-hydroxylation sites is 1. The predicted molar refractivity (Wildman–Crippen MR) is 157 cm³/mol. The second kappa shape index (κ2) is 15.8. The van der Waals surface area contributed by atoms with Gasteiger partial charge in [0.2, 0.25) is 6.79 Å². The minimum absolute atomic E-state index is 0.208. The van der Waals surface area contributed by atoms with Crippen molar-refractivity contribution >= 4 is 24.4 Å². The lowest BCUT2D eigenvalue weighted by Crippen LogP contribution is -2.16. The van der Waals surface area contributed by atoms with Gasteiger partial charge in [0, 0.05) is 36.5 Å². The summed E-state index contributed by atoms with van der Waals surface area (Å²) in [5, 5.41) is 7.54. The fourth-order valence-corrected chi connectivity index (χ4v) is 3.15. The molecule has 0 aliphatic rings. The Morgan fingerprint density at radius 3 is 2.00 bits per heavy atom. The van der Waals surface area contributed by atoms with Crippen LogP contribution in [0.3, 0.4) is 0 Å². The Kier molecular flexibility index (Phi) is 11.6. The second-order valence-corrected chi connectivity index (χ2v) is 8.44. The normalized spacial score (nSPS) is 11.2. The number of hydrogen-bond donors (Lipinski definition) is 0. The van der Waals surface area contributed by atoms with Gasteiger partial charge < -0.3 is 24.0 Å². The van der Waals surface area contributed by atoms with Gasteiger partial charge in [0.15, 0.2) is 0 Å². The van der Waals surface area contributed by atoms with Gasteiger partial charge in [0.05, 0.1) is 23.6 Å². The minimum atomic E-state index is -0.604. The average Bonchev–Trinajstić information content (AvgIpc) is 3.01. The average molecular weight is 554 g/mol. The molecule has 0 saturated carbocycles. The molecule has 0 unspecified atom stereocenters. The summed E-state index contributed by atoms with van der Waals surface area (Å²) in [5.74, 6) is -0.442. The van der Waals surface area contributed by atoms with E-state index in [1.807, 2.05) is 18.9 Å². The van der Waals surface area contributed by atoms with Crippen LogP contribution in [0.5, 0.6) is 5.75 Å². The van der Waals surface area contributed by atoms with E-state index in [1.54, 1.807) is 91.0 Å². The molecule has 0 atom stereocenters. The van der Waals surface area contributed by atoms with Crippen LogP contribution in [-0.2, 0) is 14.4 Å². The molecule has 0 N–H and O–H groups in total. The zero-order valence-electron chi connectivity index (χ0n) is 22.9. The molecule has 0 aliphatic heterocycles. The van der Waals surface area contributed by atoms with Crippen molar-refractivity contribution in [1.29, 1.82) is 0 Å². The molecule has 9 heteroatoms. The lowest BCUT2D eigenvalue weighted by molar-refractivity contribution is 0.0510. The van der Waals surface area contributed by atoms with Crippen molar-refractivity contribution in [1.82, 2.24) is 4.90 Å². The van der Waals surface area contributed by atoms with Crippen LogP contribution in [0.4, 0.5) is 0 Å². The highest BCUT2D eigenvalue weighted by Crippen LogP contribution is 2.18. The van der Waals surface area contributed by atoms with E-state index >= 15 is 0 Å². The number of rotatable bonds is 14. The van der Waals surface area contributed by atoms with Crippen LogP contribution in [0.15, 0.2) is 132 Å². The number of ether oxygens (including phenoxy) is 2. The fraction of sp³-hybridized carbons (Fsp3) is 0.125. The van der Waals surface area contributed by atoms with E-state index in [2.05, 4.69) is 23.5 Å². The van der Waals surface area contributed by atoms with E-state index in [1.165, 1.54) is 12.4 Å². The summed E-state index contributed by atoms with van der Waals surface area (Å²) in [6.07, 6.45) is 4.32. The summed E-state index contributed by atoms with van der Waals surface area (Å²) in [5.41, 5.74) is 2.29. The second-order valence-electron chi connectivity index (χ2n) is 8.44. The van der Waals surface area contributed by atoms with E-state index in [0.29, 0.717) is 39.5 Å². The Bertz CT molecular complexity index is 1430. The number of carbonyl (C=O) groups excluding carboxylic acids is 2.